The summed E-state index contributed by atoms with van der Waals surface area (Å²) in [5.74, 6) is -2.50. The number of nitrogens with two attached hydrogens (primary N) is 1. The first-order chi connectivity index (χ1) is 5.04. The van der Waals surface area contributed by atoms with Gasteiger partial charge in [0, 0.05) is 0 Å². The number of hydrogen-bond donors (Lipinski definition) is 3. The van der Waals surface area contributed by atoms with Crippen LogP contribution in [0.5, 0.6) is 0 Å². The van der Waals surface area contributed by atoms with Gasteiger partial charge in [-0.2, -0.15) is 0 Å². The Bertz CT molecular complexity index is 135. The van der Waals surface area contributed by atoms with Crippen LogP contribution in [0.15, 0.2) is 0 Å². The second-order valence-corrected chi connectivity index (χ2v) is 1.54. The van der Waals surface area contributed by atoms with Crippen molar-refractivity contribution in [1.29, 1.82) is 0 Å². The predicted molar refractivity (Wildman–Crippen MR) is 39.2 cm³/mol. The number of hydrogen-bond acceptors (Lipinski definition) is 3. The van der Waals surface area contributed by atoms with Gasteiger partial charge >= 0.3 is 11.9 Å². The molecule has 0 aromatic carbocycles. The lowest BCUT2D eigenvalue weighted by molar-refractivity contribution is -0.144. The Balaban J connectivity index is 0. The first kappa shape index (κ1) is 12.6. The lowest BCUT2D eigenvalue weighted by atomic mass is 10.2. The molecule has 0 saturated heterocycles. The van der Waals surface area contributed by atoms with Crippen LogP contribution >= 0.6 is 0 Å². The minimum absolute atomic E-state index is 0.532. The fraction of sp³-hybridized carbons (Fsp3) is 0.667. The average molecular weight is 163 g/mol. The maximum Gasteiger partial charge on any atom is 0.321 e. The third-order valence-corrected chi connectivity index (χ3v) is 0.712. The van der Waals surface area contributed by atoms with E-state index in [-0.39, 0.29) is 0 Å². The van der Waals surface area contributed by atoms with Crippen molar-refractivity contribution in [2.75, 3.05) is 0 Å². The molecule has 0 aromatic heterocycles. The molecule has 0 amide bonds. The van der Waals surface area contributed by atoms with Crippen LogP contribution in [0.3, 0.4) is 0 Å². The molecule has 0 rings (SSSR count). The Hall–Kier alpha value is -1.10. The molecule has 11 heavy (non-hydrogen) atoms. The van der Waals surface area contributed by atoms with Crippen molar-refractivity contribution < 1.29 is 19.8 Å². The van der Waals surface area contributed by atoms with Gasteiger partial charge < -0.3 is 15.9 Å². The molecule has 0 radical (unpaired) electrons. The summed E-state index contributed by atoms with van der Waals surface area (Å²) in [6, 6.07) is -1.29. The molecule has 5 nitrogen and oxygen atoms in total. The summed E-state index contributed by atoms with van der Waals surface area (Å²) < 4.78 is 0. The van der Waals surface area contributed by atoms with Gasteiger partial charge in [0.25, 0.3) is 0 Å². The van der Waals surface area contributed by atoms with Gasteiger partial charge in [0.2, 0.25) is 0 Å². The van der Waals surface area contributed by atoms with E-state index in [0.717, 1.165) is 0 Å². The van der Waals surface area contributed by atoms with Crippen LogP contribution in [-0.2, 0) is 9.59 Å². The van der Waals surface area contributed by atoms with E-state index in [1.165, 1.54) is 0 Å². The van der Waals surface area contributed by atoms with Gasteiger partial charge in [0.15, 0.2) is 0 Å². The second kappa shape index (κ2) is 7.01. The summed E-state index contributed by atoms with van der Waals surface area (Å²) in [5, 5.41) is 16.0. The summed E-state index contributed by atoms with van der Waals surface area (Å²) in [4.78, 5) is 19.6. The van der Waals surface area contributed by atoms with E-state index in [0.29, 0.717) is 0 Å². The third kappa shape index (κ3) is 8.90. The highest BCUT2D eigenvalue weighted by atomic mass is 16.4. The number of rotatable bonds is 3. The fourth-order valence-corrected chi connectivity index (χ4v) is 0.275. The van der Waals surface area contributed by atoms with Gasteiger partial charge in [0.05, 0.1) is 6.42 Å². The van der Waals surface area contributed by atoms with Crippen molar-refractivity contribution >= 4 is 11.9 Å². The van der Waals surface area contributed by atoms with E-state index >= 15 is 0 Å². The van der Waals surface area contributed by atoms with Gasteiger partial charge in [-0.25, -0.2) is 0 Å². The van der Waals surface area contributed by atoms with E-state index in [4.69, 9.17) is 15.9 Å². The minimum Gasteiger partial charge on any atom is -0.481 e. The zero-order chi connectivity index (χ0) is 9.44. The molecule has 0 aromatic rings. The number of carbonyl (C=O) groups is 2. The topological polar surface area (TPSA) is 101 Å². The van der Waals surface area contributed by atoms with Crippen LogP contribution in [-0.4, -0.2) is 28.2 Å². The van der Waals surface area contributed by atoms with Crippen LogP contribution in [0.1, 0.15) is 20.3 Å². The predicted octanol–water partition coefficient (Wildman–Crippen LogP) is -0.101. The molecule has 0 heterocycles. The Morgan fingerprint density at radius 2 is 1.73 bits per heavy atom. The van der Waals surface area contributed by atoms with Gasteiger partial charge in [0.1, 0.15) is 6.04 Å². The van der Waals surface area contributed by atoms with E-state index in [1.807, 2.05) is 13.8 Å². The SMILES string of the molecule is CC.N[C@@H](CC(=O)O)C(=O)O. The molecule has 0 saturated carbocycles. The molecule has 0 aliphatic heterocycles. The van der Waals surface area contributed by atoms with Gasteiger partial charge in [-0.3, -0.25) is 9.59 Å². The first-order valence-electron chi connectivity index (χ1n) is 3.24. The molecule has 0 aliphatic rings. The molecular weight excluding hydrogens is 150 g/mol. The van der Waals surface area contributed by atoms with Crippen LogP contribution in [0.4, 0.5) is 0 Å². The summed E-state index contributed by atoms with van der Waals surface area (Å²) in [6.07, 6.45) is -0.532. The van der Waals surface area contributed by atoms with E-state index in [1.54, 1.807) is 0 Å². The molecule has 0 spiro atoms. The minimum atomic E-state index is -1.29. The largest absolute Gasteiger partial charge is 0.481 e. The summed E-state index contributed by atoms with van der Waals surface area (Å²) in [7, 11) is 0. The highest BCUT2D eigenvalue weighted by Crippen LogP contribution is 1.86. The zero-order valence-corrected chi connectivity index (χ0v) is 6.57. The number of aliphatic carboxylic acids is 2. The van der Waals surface area contributed by atoms with Gasteiger partial charge in [-0.1, -0.05) is 13.8 Å². The number of carboxylic acid groups (broad SMARTS) is 2. The fourth-order valence-electron chi connectivity index (χ4n) is 0.275. The second-order valence-electron chi connectivity index (χ2n) is 1.54. The van der Waals surface area contributed by atoms with E-state index in [9.17, 15) is 9.59 Å². The quantitative estimate of drug-likeness (QED) is 0.539. The van der Waals surface area contributed by atoms with E-state index in [2.05, 4.69) is 0 Å². The Kier molecular flexibility index (Phi) is 8.01. The maximum absolute atomic E-state index is 9.85. The van der Waals surface area contributed by atoms with Crippen molar-refractivity contribution in [3.8, 4) is 0 Å². The molecule has 5 heteroatoms. The summed E-state index contributed by atoms with van der Waals surface area (Å²) in [6.45, 7) is 4.00. The molecule has 0 aliphatic carbocycles. The zero-order valence-electron chi connectivity index (χ0n) is 6.57. The van der Waals surface area contributed by atoms with Crippen molar-refractivity contribution in [1.82, 2.24) is 0 Å². The third-order valence-electron chi connectivity index (χ3n) is 0.712. The normalized spacial score (nSPS) is 10.8. The Morgan fingerprint density at radius 3 is 1.82 bits per heavy atom. The standard InChI is InChI=1S/C4H7NO4.C2H6/c5-2(4(8)9)1-3(6)7;1-2/h2H,1,5H2,(H,6,7)(H,8,9);1-2H3/t2-;/m0./s1. The summed E-state index contributed by atoms with van der Waals surface area (Å²) in [5.41, 5.74) is 4.84. The van der Waals surface area contributed by atoms with E-state index < -0.39 is 24.4 Å². The maximum atomic E-state index is 9.85. The summed E-state index contributed by atoms with van der Waals surface area (Å²) >= 11 is 0. The average Bonchev–Trinajstić information content (AvgIpc) is 1.90. The highest BCUT2D eigenvalue weighted by molar-refractivity contribution is 5.80. The smallest absolute Gasteiger partial charge is 0.321 e. The molecule has 1 atom stereocenters. The van der Waals surface area contributed by atoms with Crippen LogP contribution in [0.2, 0.25) is 0 Å². The highest BCUT2D eigenvalue weighted by Gasteiger charge is 2.14. The van der Waals surface area contributed by atoms with Crippen LogP contribution in [0.25, 0.3) is 0 Å². The van der Waals surface area contributed by atoms with Gasteiger partial charge in [-0.05, 0) is 0 Å². The lowest BCUT2D eigenvalue weighted by Gasteiger charge is -1.99. The monoisotopic (exact) mass is 163 g/mol. The molecule has 4 N–H and O–H groups in total. The van der Waals surface area contributed by atoms with Crippen molar-refractivity contribution in [3.05, 3.63) is 0 Å². The molecule has 66 valence electrons. The van der Waals surface area contributed by atoms with Crippen molar-refractivity contribution in [3.63, 3.8) is 0 Å². The van der Waals surface area contributed by atoms with Crippen molar-refractivity contribution in [2.24, 2.45) is 5.73 Å². The molecule has 0 unspecified atom stereocenters. The van der Waals surface area contributed by atoms with Crippen LogP contribution < -0.4 is 5.73 Å². The Morgan fingerprint density at radius 1 is 1.36 bits per heavy atom. The van der Waals surface area contributed by atoms with Crippen molar-refractivity contribution in [2.45, 2.75) is 26.3 Å². The first-order valence-corrected chi connectivity index (χ1v) is 3.24. The molecular formula is C6H13NO4. The number of carboxylic acids is 2. The molecule has 0 bridgehead atoms. The lowest BCUT2D eigenvalue weighted by Crippen LogP contribution is -2.32. The Labute approximate surface area is 64.8 Å². The molecule has 0 fully saturated rings. The van der Waals surface area contributed by atoms with Gasteiger partial charge in [-0.15, -0.1) is 0 Å². The van der Waals surface area contributed by atoms with Crippen LogP contribution in [0, 0.1) is 0 Å².